The predicted octanol–water partition coefficient (Wildman–Crippen LogP) is 4.52. The number of fused-ring (bicyclic) bond motifs is 1. The lowest BCUT2D eigenvalue weighted by Gasteiger charge is -2.29. The molecule has 4 heterocycles. The van der Waals surface area contributed by atoms with E-state index in [0.29, 0.717) is 23.8 Å². The number of anilines is 3. The van der Waals surface area contributed by atoms with Crippen LogP contribution in [-0.2, 0) is 12.0 Å². The van der Waals surface area contributed by atoms with E-state index in [-0.39, 0.29) is 17.4 Å². The molecule has 1 fully saturated rings. The van der Waals surface area contributed by atoms with Gasteiger partial charge < -0.3 is 25.6 Å². The molecule has 0 spiro atoms. The van der Waals surface area contributed by atoms with Crippen molar-refractivity contribution < 1.29 is 9.53 Å². The first kappa shape index (κ1) is 24.1. The van der Waals surface area contributed by atoms with Gasteiger partial charge in [0.1, 0.15) is 11.9 Å². The minimum absolute atomic E-state index is 0.0866. The highest BCUT2D eigenvalue weighted by Gasteiger charge is 2.29. The van der Waals surface area contributed by atoms with Gasteiger partial charge in [0, 0.05) is 61.4 Å². The Morgan fingerprint density at radius 3 is 2.81 bits per heavy atom. The highest BCUT2D eigenvalue weighted by atomic mass is 16.5. The van der Waals surface area contributed by atoms with E-state index in [4.69, 9.17) is 4.74 Å². The number of amides is 1. The fraction of sp³-hybridized carbons (Fsp3) is 0.393. The molecular formula is C28H34N6O2. The lowest BCUT2D eigenvalue weighted by Crippen LogP contribution is -2.35. The van der Waals surface area contributed by atoms with Crippen molar-refractivity contribution in [3.8, 4) is 5.88 Å². The van der Waals surface area contributed by atoms with Crippen molar-refractivity contribution in [1.29, 1.82) is 0 Å². The van der Waals surface area contributed by atoms with Crippen molar-refractivity contribution in [1.82, 2.24) is 14.9 Å². The highest BCUT2D eigenvalue weighted by Crippen LogP contribution is 2.37. The fourth-order valence-corrected chi connectivity index (χ4v) is 4.78. The summed E-state index contributed by atoms with van der Waals surface area (Å²) in [6.07, 6.45) is 5.65. The van der Waals surface area contributed by atoms with Gasteiger partial charge in [-0.25, -0.2) is 9.97 Å². The van der Waals surface area contributed by atoms with E-state index >= 15 is 0 Å². The largest absolute Gasteiger partial charge is 0.474 e. The van der Waals surface area contributed by atoms with Crippen LogP contribution in [0.15, 0.2) is 54.9 Å². The van der Waals surface area contributed by atoms with Crippen molar-refractivity contribution in [2.24, 2.45) is 0 Å². The van der Waals surface area contributed by atoms with Crippen LogP contribution >= 0.6 is 0 Å². The second-order valence-corrected chi connectivity index (χ2v) is 10.3. The number of ether oxygens (including phenoxy) is 1. The van der Waals surface area contributed by atoms with E-state index in [1.165, 1.54) is 5.56 Å². The smallest absolute Gasteiger partial charge is 0.259 e. The number of benzene rings is 1. The zero-order chi connectivity index (χ0) is 25.1. The van der Waals surface area contributed by atoms with Crippen LogP contribution in [-0.4, -0.2) is 53.6 Å². The Hall–Kier alpha value is -3.65. The van der Waals surface area contributed by atoms with Gasteiger partial charge in [0.05, 0.1) is 5.56 Å². The molecule has 5 rings (SSSR count). The molecule has 0 aliphatic carbocycles. The van der Waals surface area contributed by atoms with Gasteiger partial charge in [-0.3, -0.25) is 4.79 Å². The van der Waals surface area contributed by atoms with Crippen molar-refractivity contribution in [3.05, 3.63) is 71.5 Å². The Labute approximate surface area is 212 Å². The van der Waals surface area contributed by atoms with Crippen molar-refractivity contribution in [2.45, 2.75) is 44.8 Å². The van der Waals surface area contributed by atoms with E-state index < -0.39 is 0 Å². The molecule has 2 aromatic heterocycles. The summed E-state index contributed by atoms with van der Waals surface area (Å²) < 4.78 is 6.12. The monoisotopic (exact) mass is 486 g/mol. The van der Waals surface area contributed by atoms with Crippen LogP contribution in [0.3, 0.4) is 0 Å². The van der Waals surface area contributed by atoms with E-state index in [1.807, 2.05) is 24.3 Å². The Bertz CT molecular complexity index is 1240. The van der Waals surface area contributed by atoms with Crippen LogP contribution in [0, 0.1) is 0 Å². The second kappa shape index (κ2) is 10.1. The maximum absolute atomic E-state index is 13.1. The number of rotatable bonds is 7. The topological polar surface area (TPSA) is 91.4 Å². The molecular weight excluding hydrogens is 452 g/mol. The van der Waals surface area contributed by atoms with Crippen molar-refractivity contribution in [3.63, 3.8) is 0 Å². The van der Waals surface area contributed by atoms with E-state index in [0.717, 1.165) is 49.4 Å². The number of hydrogen-bond acceptors (Lipinski definition) is 7. The number of aromatic nitrogens is 2. The standard InChI is InChI=1S/C28H34N6O2/c1-28(2)18-32-24-16-20(6-7-23(24)28)33-27(35)22-5-4-11-30-26(22)31-17-19-8-12-29-25(15-19)36-21-9-13-34(3)14-10-21/h4-8,11-12,15-16,21,32H,9-10,13-14,17-18H2,1-3H3,(H,30,31)(H,33,35). The van der Waals surface area contributed by atoms with Gasteiger partial charge in [-0.2, -0.15) is 0 Å². The Morgan fingerprint density at radius 1 is 1.14 bits per heavy atom. The molecule has 8 heteroatoms. The fourth-order valence-electron chi connectivity index (χ4n) is 4.78. The van der Waals surface area contributed by atoms with Crippen LogP contribution in [0.1, 0.15) is 48.2 Å². The quantitative estimate of drug-likeness (QED) is 0.452. The lowest BCUT2D eigenvalue weighted by molar-refractivity contribution is 0.102. The van der Waals surface area contributed by atoms with Gasteiger partial charge in [0.25, 0.3) is 5.91 Å². The van der Waals surface area contributed by atoms with Crippen molar-refractivity contribution >= 4 is 23.1 Å². The van der Waals surface area contributed by atoms with Crippen LogP contribution in [0.4, 0.5) is 17.2 Å². The summed E-state index contributed by atoms with van der Waals surface area (Å²) in [5.41, 5.74) is 4.67. The SMILES string of the molecule is CN1CCC(Oc2cc(CNc3ncccc3C(=O)Nc3ccc4c(c3)NCC4(C)C)ccn2)CC1. The highest BCUT2D eigenvalue weighted by molar-refractivity contribution is 6.07. The Morgan fingerprint density at radius 2 is 1.97 bits per heavy atom. The van der Waals surface area contributed by atoms with E-state index in [9.17, 15) is 4.79 Å². The molecule has 0 unspecified atom stereocenters. The number of nitrogens with zero attached hydrogens (tertiary/aromatic N) is 3. The molecule has 1 saturated heterocycles. The zero-order valence-corrected chi connectivity index (χ0v) is 21.2. The van der Waals surface area contributed by atoms with Crippen molar-refractivity contribution in [2.75, 3.05) is 42.6 Å². The van der Waals surface area contributed by atoms with Crippen LogP contribution in [0.5, 0.6) is 5.88 Å². The molecule has 1 amide bonds. The summed E-state index contributed by atoms with van der Waals surface area (Å²) in [6, 6.07) is 13.5. The summed E-state index contributed by atoms with van der Waals surface area (Å²) in [6.45, 7) is 7.89. The molecule has 36 heavy (non-hydrogen) atoms. The van der Waals surface area contributed by atoms with Gasteiger partial charge in [0.2, 0.25) is 5.88 Å². The average Bonchev–Trinajstić information content (AvgIpc) is 3.18. The Kier molecular flexibility index (Phi) is 6.78. The van der Waals surface area contributed by atoms with Gasteiger partial charge in [-0.1, -0.05) is 19.9 Å². The van der Waals surface area contributed by atoms with Gasteiger partial charge in [-0.05, 0) is 61.3 Å². The van der Waals surface area contributed by atoms with Crippen LogP contribution < -0.4 is 20.7 Å². The number of hydrogen-bond donors (Lipinski definition) is 3. The predicted molar refractivity (Wildman–Crippen MR) is 143 cm³/mol. The second-order valence-electron chi connectivity index (χ2n) is 10.3. The molecule has 188 valence electrons. The molecule has 1 aromatic carbocycles. The molecule has 0 radical (unpaired) electrons. The summed E-state index contributed by atoms with van der Waals surface area (Å²) in [4.78, 5) is 24.2. The minimum Gasteiger partial charge on any atom is -0.474 e. The number of likely N-dealkylation sites (tertiary alicyclic amines) is 1. The summed E-state index contributed by atoms with van der Waals surface area (Å²) in [7, 11) is 2.14. The van der Waals surface area contributed by atoms with Crippen LogP contribution in [0.2, 0.25) is 0 Å². The number of piperidine rings is 1. The first-order chi connectivity index (χ1) is 17.4. The number of nitrogens with one attached hydrogen (secondary N) is 3. The third-order valence-corrected chi connectivity index (χ3v) is 6.99. The zero-order valence-electron chi connectivity index (χ0n) is 21.2. The number of carbonyl (C=O) groups excluding carboxylic acids is 1. The molecule has 8 nitrogen and oxygen atoms in total. The van der Waals surface area contributed by atoms with Crippen LogP contribution in [0.25, 0.3) is 0 Å². The molecule has 2 aliphatic rings. The molecule has 3 aromatic rings. The molecule has 0 saturated carbocycles. The maximum atomic E-state index is 13.1. The van der Waals surface area contributed by atoms with Gasteiger partial charge in [-0.15, -0.1) is 0 Å². The Balaban J connectivity index is 1.23. The number of pyridine rings is 2. The van der Waals surface area contributed by atoms with Gasteiger partial charge >= 0.3 is 0 Å². The lowest BCUT2D eigenvalue weighted by atomic mass is 9.87. The summed E-state index contributed by atoms with van der Waals surface area (Å²) in [5.74, 6) is 0.963. The first-order valence-electron chi connectivity index (χ1n) is 12.6. The normalized spacial score (nSPS) is 17.2. The molecule has 0 bridgehead atoms. The molecule has 0 atom stereocenters. The number of carbonyl (C=O) groups is 1. The third-order valence-electron chi connectivity index (χ3n) is 6.99. The minimum atomic E-state index is -0.205. The molecule has 3 N–H and O–H groups in total. The summed E-state index contributed by atoms with van der Waals surface area (Å²) in [5, 5.41) is 9.76. The maximum Gasteiger partial charge on any atom is 0.259 e. The first-order valence-corrected chi connectivity index (χ1v) is 12.6. The van der Waals surface area contributed by atoms with E-state index in [2.05, 4.69) is 57.8 Å². The summed E-state index contributed by atoms with van der Waals surface area (Å²) >= 11 is 0. The molecule has 2 aliphatic heterocycles. The van der Waals surface area contributed by atoms with Gasteiger partial charge in [0.15, 0.2) is 0 Å². The average molecular weight is 487 g/mol. The third kappa shape index (κ3) is 5.44. The van der Waals surface area contributed by atoms with E-state index in [1.54, 1.807) is 24.5 Å².